The third-order valence-electron chi connectivity index (χ3n) is 2.80. The van der Waals surface area contributed by atoms with E-state index in [4.69, 9.17) is 6.57 Å². The Labute approximate surface area is 115 Å². The van der Waals surface area contributed by atoms with Crippen molar-refractivity contribution in [3.05, 3.63) is 59.9 Å². The molecule has 0 aliphatic rings. The Kier molecular flexibility index (Phi) is 2.73. The predicted octanol–water partition coefficient (Wildman–Crippen LogP) is 2.22. The third kappa shape index (κ3) is 1.83. The van der Waals surface area contributed by atoms with E-state index in [1.165, 1.54) is 30.3 Å². The number of nitrogens with zero attached hydrogens (tertiary/aromatic N) is 4. The van der Waals surface area contributed by atoms with Crippen LogP contribution in [0.1, 0.15) is 0 Å². The first-order valence-electron chi connectivity index (χ1n) is 5.66. The Bertz CT molecular complexity index is 924. The van der Waals surface area contributed by atoms with E-state index in [9.17, 15) is 8.42 Å². The van der Waals surface area contributed by atoms with Gasteiger partial charge in [0.25, 0.3) is 10.0 Å². The molecule has 1 heterocycles. The van der Waals surface area contributed by atoms with Crippen molar-refractivity contribution in [2.75, 3.05) is 0 Å². The van der Waals surface area contributed by atoms with Crippen molar-refractivity contribution >= 4 is 26.7 Å². The quantitative estimate of drug-likeness (QED) is 0.677. The molecule has 0 saturated carbocycles. The van der Waals surface area contributed by atoms with Gasteiger partial charge in [0, 0.05) is 0 Å². The van der Waals surface area contributed by atoms with Gasteiger partial charge in [0.2, 0.25) is 0 Å². The molecule has 0 saturated heterocycles. The molecule has 0 spiro atoms. The van der Waals surface area contributed by atoms with E-state index in [0.717, 1.165) is 4.09 Å². The zero-order chi connectivity index (χ0) is 14.2. The van der Waals surface area contributed by atoms with Gasteiger partial charge in [0.15, 0.2) is 5.69 Å². The summed E-state index contributed by atoms with van der Waals surface area (Å²) in [4.78, 5) is 3.41. The summed E-state index contributed by atoms with van der Waals surface area (Å²) in [6.07, 6.45) is 0. The highest BCUT2D eigenvalue weighted by Crippen LogP contribution is 2.22. The lowest BCUT2D eigenvalue weighted by atomic mass is 10.3. The van der Waals surface area contributed by atoms with Crippen LogP contribution in [-0.4, -0.2) is 22.8 Å². The summed E-state index contributed by atoms with van der Waals surface area (Å²) in [6.45, 7) is 6.93. The largest absolute Gasteiger partial charge is 0.284 e. The van der Waals surface area contributed by atoms with Gasteiger partial charge in [-0.3, -0.25) is 0 Å². The Morgan fingerprint density at radius 3 is 2.55 bits per heavy atom. The van der Waals surface area contributed by atoms with Crippen molar-refractivity contribution in [2.24, 2.45) is 0 Å². The van der Waals surface area contributed by atoms with Crippen LogP contribution in [0.2, 0.25) is 0 Å². The summed E-state index contributed by atoms with van der Waals surface area (Å²) in [5.74, 6) is 0. The minimum atomic E-state index is -3.78. The van der Waals surface area contributed by atoms with Crippen molar-refractivity contribution in [1.82, 2.24) is 14.4 Å². The topological polar surface area (TPSA) is 69.2 Å². The SMILES string of the molecule is [C-]#[N+]c1ccc2c(c1)nnn2S(=O)(=O)c1ccccc1. The molecule has 2 aromatic carbocycles. The lowest BCUT2D eigenvalue weighted by molar-refractivity contribution is 0.579. The fraction of sp³-hybridized carbons (Fsp3) is 0. The third-order valence-corrected chi connectivity index (χ3v) is 4.39. The van der Waals surface area contributed by atoms with Crippen LogP contribution >= 0.6 is 0 Å². The van der Waals surface area contributed by atoms with Crippen LogP contribution in [0.15, 0.2) is 53.4 Å². The zero-order valence-corrected chi connectivity index (χ0v) is 10.9. The number of rotatable bonds is 2. The van der Waals surface area contributed by atoms with Crippen LogP contribution in [0.25, 0.3) is 15.9 Å². The van der Waals surface area contributed by atoms with E-state index in [-0.39, 0.29) is 4.90 Å². The molecule has 0 fully saturated rings. The van der Waals surface area contributed by atoms with Crippen molar-refractivity contribution in [3.63, 3.8) is 0 Å². The number of hydrogen-bond donors (Lipinski definition) is 0. The average molecular weight is 284 g/mol. The van der Waals surface area contributed by atoms with Gasteiger partial charge in [-0.05, 0) is 24.3 Å². The molecule has 0 unspecified atom stereocenters. The smallest absolute Gasteiger partial charge is 0.238 e. The Hall–Kier alpha value is -2.72. The van der Waals surface area contributed by atoms with Crippen molar-refractivity contribution < 1.29 is 8.42 Å². The second-order valence-electron chi connectivity index (χ2n) is 4.04. The number of fused-ring (bicyclic) bond motifs is 1. The number of benzene rings is 2. The first-order chi connectivity index (χ1) is 9.63. The summed E-state index contributed by atoms with van der Waals surface area (Å²) < 4.78 is 25.8. The van der Waals surface area contributed by atoms with E-state index in [1.807, 2.05) is 0 Å². The van der Waals surface area contributed by atoms with Crippen LogP contribution < -0.4 is 0 Å². The first-order valence-corrected chi connectivity index (χ1v) is 7.10. The molecule has 0 bridgehead atoms. The van der Waals surface area contributed by atoms with Crippen LogP contribution in [0.4, 0.5) is 5.69 Å². The fourth-order valence-corrected chi connectivity index (χ4v) is 3.08. The second kappa shape index (κ2) is 4.43. The lowest BCUT2D eigenvalue weighted by Gasteiger charge is -2.04. The molecule has 0 radical (unpaired) electrons. The Balaban J connectivity index is 2.23. The van der Waals surface area contributed by atoms with E-state index < -0.39 is 10.0 Å². The molecule has 6 nitrogen and oxygen atoms in total. The van der Waals surface area contributed by atoms with Crippen molar-refractivity contribution in [2.45, 2.75) is 4.90 Å². The van der Waals surface area contributed by atoms with Gasteiger partial charge in [0.1, 0.15) is 11.0 Å². The molecule has 0 N–H and O–H groups in total. The molecule has 7 heteroatoms. The van der Waals surface area contributed by atoms with Crippen LogP contribution in [0.3, 0.4) is 0 Å². The molecule has 0 amide bonds. The van der Waals surface area contributed by atoms with Crippen molar-refractivity contribution in [1.29, 1.82) is 0 Å². The molecule has 3 rings (SSSR count). The van der Waals surface area contributed by atoms with Crippen LogP contribution in [-0.2, 0) is 10.0 Å². The van der Waals surface area contributed by atoms with Crippen LogP contribution in [0, 0.1) is 6.57 Å². The maximum atomic E-state index is 12.5. The molecule has 3 aromatic rings. The van der Waals surface area contributed by atoms with Gasteiger partial charge in [-0.25, -0.2) is 4.85 Å². The molecular weight excluding hydrogens is 276 g/mol. The minimum absolute atomic E-state index is 0.140. The van der Waals surface area contributed by atoms with Gasteiger partial charge >= 0.3 is 0 Å². The van der Waals surface area contributed by atoms with Gasteiger partial charge < -0.3 is 0 Å². The molecule has 0 atom stereocenters. The lowest BCUT2D eigenvalue weighted by Crippen LogP contribution is -2.14. The summed E-state index contributed by atoms with van der Waals surface area (Å²) in [7, 11) is -3.78. The standard InChI is InChI=1S/C13H8N4O2S/c1-14-10-7-8-13-12(9-10)15-16-17(13)20(18,19)11-5-3-2-4-6-11/h2-9H. The average Bonchev–Trinajstić information content (AvgIpc) is 2.91. The molecule has 20 heavy (non-hydrogen) atoms. The molecule has 0 aliphatic heterocycles. The highest BCUT2D eigenvalue weighted by atomic mass is 32.2. The van der Waals surface area contributed by atoms with Gasteiger partial charge in [-0.2, -0.15) is 8.42 Å². The predicted molar refractivity (Wildman–Crippen MR) is 72.8 cm³/mol. The normalized spacial score (nSPS) is 11.3. The van der Waals surface area contributed by atoms with E-state index >= 15 is 0 Å². The minimum Gasteiger partial charge on any atom is -0.238 e. The van der Waals surface area contributed by atoms with E-state index in [2.05, 4.69) is 15.2 Å². The number of hydrogen-bond acceptors (Lipinski definition) is 4. The summed E-state index contributed by atoms with van der Waals surface area (Å²) in [6, 6.07) is 12.6. The molecule has 0 aliphatic carbocycles. The van der Waals surface area contributed by atoms with Crippen molar-refractivity contribution in [3.8, 4) is 0 Å². The maximum Gasteiger partial charge on any atom is 0.284 e. The summed E-state index contributed by atoms with van der Waals surface area (Å²) >= 11 is 0. The highest BCUT2D eigenvalue weighted by Gasteiger charge is 2.20. The highest BCUT2D eigenvalue weighted by molar-refractivity contribution is 7.90. The monoisotopic (exact) mass is 284 g/mol. The fourth-order valence-electron chi connectivity index (χ4n) is 1.83. The maximum absolute atomic E-state index is 12.5. The Morgan fingerprint density at radius 1 is 1.10 bits per heavy atom. The molecule has 1 aromatic heterocycles. The zero-order valence-electron chi connectivity index (χ0n) is 10.1. The van der Waals surface area contributed by atoms with Crippen LogP contribution in [0.5, 0.6) is 0 Å². The van der Waals surface area contributed by atoms with E-state index in [0.29, 0.717) is 16.7 Å². The Morgan fingerprint density at radius 2 is 1.85 bits per heavy atom. The van der Waals surface area contributed by atoms with Gasteiger partial charge in [-0.15, -0.1) is 9.19 Å². The summed E-state index contributed by atoms with van der Waals surface area (Å²) in [5, 5.41) is 7.50. The summed E-state index contributed by atoms with van der Waals surface area (Å²) in [5.41, 5.74) is 1.11. The van der Waals surface area contributed by atoms with Gasteiger partial charge in [0.05, 0.1) is 11.5 Å². The first kappa shape index (κ1) is 12.3. The molecular formula is C13H8N4O2S. The van der Waals surface area contributed by atoms with Gasteiger partial charge in [-0.1, -0.05) is 29.5 Å². The molecule has 98 valence electrons. The van der Waals surface area contributed by atoms with E-state index in [1.54, 1.807) is 18.2 Å². The second-order valence-corrected chi connectivity index (χ2v) is 5.80. The number of aromatic nitrogens is 3.